The largest absolute Gasteiger partial charge is 0.399 e. The van der Waals surface area contributed by atoms with Crippen molar-refractivity contribution in [3.63, 3.8) is 0 Å². The van der Waals surface area contributed by atoms with E-state index in [0.29, 0.717) is 29.2 Å². The topological polar surface area (TPSA) is 87.2 Å². The predicted octanol–water partition coefficient (Wildman–Crippen LogP) is 2.81. The monoisotopic (exact) mass is 321 g/mol. The van der Waals surface area contributed by atoms with Crippen molar-refractivity contribution in [3.05, 3.63) is 41.3 Å². The van der Waals surface area contributed by atoms with Crippen LogP contribution < -0.4 is 10.0 Å². The van der Waals surface area contributed by atoms with Crippen molar-refractivity contribution >= 4 is 32.7 Å². The molecule has 2 N–H and O–H groups in total. The lowest BCUT2D eigenvalue weighted by atomic mass is 10.3. The van der Waals surface area contributed by atoms with Crippen LogP contribution in [0.2, 0.25) is 0 Å². The van der Waals surface area contributed by atoms with E-state index in [1.807, 2.05) is 13.0 Å². The molecule has 0 radical (unpaired) electrons. The highest BCUT2D eigenvalue weighted by atomic mass is 32.2. The zero-order chi connectivity index (χ0) is 15.5. The van der Waals surface area contributed by atoms with E-state index in [2.05, 4.69) is 0 Å². The quantitative estimate of drug-likeness (QED) is 0.858. The number of nitrogens with two attached hydrogens (primary N) is 1. The number of nitrogen functional groups attached to an aromatic ring is 1. The Kier molecular flexibility index (Phi) is 4.50. The van der Waals surface area contributed by atoms with Crippen LogP contribution in [0.25, 0.3) is 0 Å². The summed E-state index contributed by atoms with van der Waals surface area (Å²) >= 11 is 0.971. The number of sulfonamides is 1. The van der Waals surface area contributed by atoms with Crippen LogP contribution in [0.15, 0.2) is 40.6 Å². The third-order valence-electron chi connectivity index (χ3n) is 2.82. The highest BCUT2D eigenvalue weighted by molar-refractivity contribution is 7.94. The highest BCUT2D eigenvalue weighted by Crippen LogP contribution is 2.29. The number of nitriles is 1. The van der Waals surface area contributed by atoms with Gasteiger partial charge >= 0.3 is 0 Å². The van der Waals surface area contributed by atoms with Crippen molar-refractivity contribution in [2.24, 2.45) is 0 Å². The number of hydrogen-bond donors (Lipinski definition) is 1. The maximum absolute atomic E-state index is 12.7. The van der Waals surface area contributed by atoms with E-state index in [1.54, 1.807) is 24.3 Å². The number of benzene rings is 1. The van der Waals surface area contributed by atoms with Gasteiger partial charge in [-0.25, -0.2) is 8.42 Å². The molecular formula is C14H15N3O2S2. The SMILES string of the molecule is CCCN(c1cccc(N)c1)S(=O)(=O)c1ccc(C#N)s1. The van der Waals surface area contributed by atoms with Crippen molar-refractivity contribution < 1.29 is 8.42 Å². The minimum Gasteiger partial charge on any atom is -0.399 e. The first-order chi connectivity index (χ1) is 9.98. The molecule has 7 heteroatoms. The van der Waals surface area contributed by atoms with Crippen LogP contribution in [-0.2, 0) is 10.0 Å². The lowest BCUT2D eigenvalue weighted by molar-refractivity contribution is 0.592. The zero-order valence-electron chi connectivity index (χ0n) is 11.5. The van der Waals surface area contributed by atoms with Gasteiger partial charge in [0.05, 0.1) is 5.69 Å². The number of anilines is 2. The predicted molar refractivity (Wildman–Crippen MR) is 84.7 cm³/mol. The van der Waals surface area contributed by atoms with Crippen molar-refractivity contribution in [2.45, 2.75) is 17.6 Å². The first kappa shape index (κ1) is 15.4. The third kappa shape index (κ3) is 3.17. The summed E-state index contributed by atoms with van der Waals surface area (Å²) < 4.78 is 27.0. The molecule has 0 fully saturated rings. The Labute approximate surface area is 128 Å². The van der Waals surface area contributed by atoms with E-state index in [0.717, 1.165) is 11.3 Å². The fourth-order valence-corrected chi connectivity index (χ4v) is 4.66. The van der Waals surface area contributed by atoms with Gasteiger partial charge < -0.3 is 5.73 Å². The lowest BCUT2D eigenvalue weighted by Crippen LogP contribution is -2.31. The molecular weight excluding hydrogens is 306 g/mol. The Morgan fingerprint density at radius 3 is 2.67 bits per heavy atom. The Hall–Kier alpha value is -2.04. The Morgan fingerprint density at radius 2 is 2.10 bits per heavy atom. The van der Waals surface area contributed by atoms with Gasteiger partial charge in [-0.3, -0.25) is 4.31 Å². The molecule has 1 heterocycles. The first-order valence-corrected chi connectivity index (χ1v) is 8.63. The van der Waals surface area contributed by atoms with E-state index in [9.17, 15) is 8.42 Å². The molecule has 0 atom stereocenters. The van der Waals surface area contributed by atoms with Crippen molar-refractivity contribution in [3.8, 4) is 6.07 Å². The van der Waals surface area contributed by atoms with Gasteiger partial charge in [-0.15, -0.1) is 11.3 Å². The van der Waals surface area contributed by atoms with Gasteiger partial charge in [-0.1, -0.05) is 13.0 Å². The molecule has 0 aliphatic heterocycles. The molecule has 21 heavy (non-hydrogen) atoms. The van der Waals surface area contributed by atoms with Gasteiger partial charge in [0.2, 0.25) is 0 Å². The molecule has 0 aliphatic rings. The van der Waals surface area contributed by atoms with Gasteiger partial charge in [0.15, 0.2) is 0 Å². The van der Waals surface area contributed by atoms with Crippen LogP contribution in [0.4, 0.5) is 11.4 Å². The summed E-state index contributed by atoms with van der Waals surface area (Å²) in [6.07, 6.45) is 0.671. The van der Waals surface area contributed by atoms with Crippen LogP contribution in [0.1, 0.15) is 18.2 Å². The molecule has 2 rings (SSSR count). The van der Waals surface area contributed by atoms with Crippen molar-refractivity contribution in [2.75, 3.05) is 16.6 Å². The summed E-state index contributed by atoms with van der Waals surface area (Å²) in [5.41, 5.74) is 6.78. The average molecular weight is 321 g/mol. The molecule has 0 bridgehead atoms. The maximum atomic E-state index is 12.7. The van der Waals surface area contributed by atoms with E-state index in [-0.39, 0.29) is 4.21 Å². The summed E-state index contributed by atoms with van der Waals surface area (Å²) in [5, 5.41) is 8.85. The van der Waals surface area contributed by atoms with Gasteiger partial charge in [0.1, 0.15) is 15.2 Å². The summed E-state index contributed by atoms with van der Waals surface area (Å²) in [6, 6.07) is 11.7. The Morgan fingerprint density at radius 1 is 1.33 bits per heavy atom. The van der Waals surface area contributed by atoms with Gasteiger partial charge in [-0.05, 0) is 36.8 Å². The normalized spacial score (nSPS) is 11.0. The summed E-state index contributed by atoms with van der Waals surface area (Å²) in [6.45, 7) is 2.26. The van der Waals surface area contributed by atoms with E-state index in [1.165, 1.54) is 16.4 Å². The second-order valence-electron chi connectivity index (χ2n) is 4.40. The molecule has 2 aromatic rings. The van der Waals surface area contributed by atoms with Gasteiger partial charge in [0.25, 0.3) is 10.0 Å². The molecule has 0 unspecified atom stereocenters. The molecule has 5 nitrogen and oxygen atoms in total. The lowest BCUT2D eigenvalue weighted by Gasteiger charge is -2.23. The van der Waals surface area contributed by atoms with Gasteiger partial charge in [-0.2, -0.15) is 5.26 Å². The summed E-state index contributed by atoms with van der Waals surface area (Å²) in [7, 11) is -3.68. The second-order valence-corrected chi connectivity index (χ2v) is 7.58. The molecule has 0 amide bonds. The average Bonchev–Trinajstić information content (AvgIpc) is 2.94. The fourth-order valence-electron chi connectivity index (χ4n) is 1.90. The van der Waals surface area contributed by atoms with Crippen molar-refractivity contribution in [1.82, 2.24) is 0 Å². The minimum absolute atomic E-state index is 0.162. The van der Waals surface area contributed by atoms with E-state index < -0.39 is 10.0 Å². The number of rotatable bonds is 5. The molecule has 110 valence electrons. The Bertz CT molecular complexity index is 776. The molecule has 0 spiro atoms. The molecule has 1 aromatic carbocycles. The van der Waals surface area contributed by atoms with Crippen LogP contribution >= 0.6 is 11.3 Å². The van der Waals surface area contributed by atoms with E-state index >= 15 is 0 Å². The molecule has 0 saturated carbocycles. The van der Waals surface area contributed by atoms with Crippen LogP contribution in [0.3, 0.4) is 0 Å². The third-order valence-corrected chi connectivity index (χ3v) is 6.11. The van der Waals surface area contributed by atoms with Crippen LogP contribution in [0.5, 0.6) is 0 Å². The number of nitrogens with zero attached hydrogens (tertiary/aromatic N) is 2. The maximum Gasteiger partial charge on any atom is 0.273 e. The van der Waals surface area contributed by atoms with Crippen LogP contribution in [-0.4, -0.2) is 15.0 Å². The smallest absolute Gasteiger partial charge is 0.273 e. The minimum atomic E-state index is -3.68. The molecule has 0 aliphatic carbocycles. The van der Waals surface area contributed by atoms with E-state index in [4.69, 9.17) is 11.0 Å². The van der Waals surface area contributed by atoms with Crippen LogP contribution in [0, 0.1) is 11.3 Å². The standard InChI is InChI=1S/C14H15N3O2S2/c1-2-8-17(12-5-3-4-11(16)9-12)21(18,19)14-7-6-13(10-15)20-14/h3-7,9H,2,8,16H2,1H3. The number of thiophene rings is 1. The fraction of sp³-hybridized carbons (Fsp3) is 0.214. The van der Waals surface area contributed by atoms with Gasteiger partial charge in [0, 0.05) is 12.2 Å². The molecule has 1 aromatic heterocycles. The zero-order valence-corrected chi connectivity index (χ0v) is 13.1. The highest BCUT2D eigenvalue weighted by Gasteiger charge is 2.26. The Balaban J connectivity index is 2.48. The second kappa shape index (κ2) is 6.16. The summed E-state index contributed by atoms with van der Waals surface area (Å²) in [4.78, 5) is 0.373. The number of hydrogen-bond acceptors (Lipinski definition) is 5. The van der Waals surface area contributed by atoms with Crippen molar-refractivity contribution in [1.29, 1.82) is 5.26 Å². The first-order valence-electron chi connectivity index (χ1n) is 6.37. The molecule has 0 saturated heterocycles. The summed E-state index contributed by atoms with van der Waals surface area (Å²) in [5.74, 6) is 0.